The van der Waals surface area contributed by atoms with E-state index in [1.165, 1.54) is 49.0 Å². The van der Waals surface area contributed by atoms with Crippen LogP contribution in [0.15, 0.2) is 291 Å². The van der Waals surface area contributed by atoms with E-state index in [2.05, 4.69) is 308 Å². The van der Waals surface area contributed by atoms with Crippen LogP contribution in [0.25, 0.3) is 32.3 Å². The fraction of sp³-hybridized carbons (Fsp3) is 0.0435. The Hall–Kier alpha value is -9.18. The Morgan fingerprint density at radius 2 is 0.403 bits per heavy atom. The Balaban J connectivity index is 0.000000276. The largest absolute Gasteiger partial charge is 0.311 e. The Morgan fingerprint density at radius 3 is 0.764 bits per heavy atom. The minimum absolute atomic E-state index is 1.08. The first kappa shape index (κ1) is 46.5. The van der Waals surface area contributed by atoms with Crippen molar-refractivity contribution in [1.29, 1.82) is 0 Å². The molecule has 0 aromatic heterocycles. The number of hydrogen-bond donors (Lipinski definition) is 0. The number of aryl methyl sites for hydroxylation is 3. The zero-order chi connectivity index (χ0) is 49.1. The van der Waals surface area contributed by atoms with E-state index in [0.717, 1.165) is 51.2 Å². The van der Waals surface area contributed by atoms with Crippen molar-refractivity contribution in [1.82, 2.24) is 0 Å². The number of nitrogens with zero attached hydrogens (tertiary/aromatic N) is 3. The summed E-state index contributed by atoms with van der Waals surface area (Å²) in [5.74, 6) is 0. The lowest BCUT2D eigenvalue weighted by molar-refractivity contribution is 1.24. The van der Waals surface area contributed by atoms with Gasteiger partial charge in [-0.25, -0.2) is 0 Å². The average molecular weight is 928 g/mol. The van der Waals surface area contributed by atoms with Crippen LogP contribution in [0, 0.1) is 20.8 Å². The van der Waals surface area contributed by atoms with E-state index >= 15 is 0 Å². The molecule has 0 N–H and O–H groups in total. The molecule has 0 fully saturated rings. The molecule has 12 rings (SSSR count). The van der Waals surface area contributed by atoms with Gasteiger partial charge in [0.05, 0.1) is 0 Å². The van der Waals surface area contributed by atoms with E-state index < -0.39 is 0 Å². The van der Waals surface area contributed by atoms with Crippen molar-refractivity contribution >= 4 is 83.5 Å². The molecule has 0 unspecified atom stereocenters. The number of benzene rings is 12. The van der Waals surface area contributed by atoms with Crippen molar-refractivity contribution < 1.29 is 0 Å². The van der Waals surface area contributed by atoms with Crippen LogP contribution in [0.3, 0.4) is 0 Å². The third kappa shape index (κ3) is 11.0. The third-order valence-corrected chi connectivity index (χ3v) is 12.9. The van der Waals surface area contributed by atoms with Crippen LogP contribution in [0.4, 0.5) is 51.2 Å². The standard InChI is InChI=1S/C51H39N3.C11H10.C7H8/c1-38-20-24-45(25-21-38)52(46-28-32-48(33-29-46)53(43-16-4-2-5-17-43)50-26-22-39-12-8-10-14-41(39)36-50)47-30-34-49(35-31-47)54(44-18-6-3-7-19-44)51-27-23-40-13-9-11-15-42(40)37-51;1-9-6-7-10-4-2-3-5-11(10)8-9;1-7-5-3-2-4-6-7/h2-37H,1H3;2-8H,1H3;2-6H,1H3. The van der Waals surface area contributed by atoms with E-state index in [1.54, 1.807) is 0 Å². The van der Waals surface area contributed by atoms with Gasteiger partial charge in [0.2, 0.25) is 0 Å². The fourth-order valence-electron chi connectivity index (χ4n) is 9.17. The molecule has 0 aliphatic rings. The number of fused-ring (bicyclic) bond motifs is 3. The van der Waals surface area contributed by atoms with Gasteiger partial charge in [0.25, 0.3) is 0 Å². The molecule has 348 valence electrons. The number of anilines is 9. The third-order valence-electron chi connectivity index (χ3n) is 12.9. The zero-order valence-corrected chi connectivity index (χ0v) is 41.1. The van der Waals surface area contributed by atoms with Crippen molar-refractivity contribution in [2.24, 2.45) is 0 Å². The van der Waals surface area contributed by atoms with Crippen LogP contribution in [0.5, 0.6) is 0 Å². The summed E-state index contributed by atoms with van der Waals surface area (Å²) in [5, 5.41) is 7.54. The Labute approximate surface area is 424 Å². The molecular formula is C69H57N3. The summed E-state index contributed by atoms with van der Waals surface area (Å²) in [6.45, 7) is 6.33. The number of hydrogen-bond acceptors (Lipinski definition) is 3. The van der Waals surface area contributed by atoms with Crippen LogP contribution in [-0.2, 0) is 0 Å². The molecule has 0 bridgehead atoms. The molecule has 0 saturated heterocycles. The monoisotopic (exact) mass is 927 g/mol. The van der Waals surface area contributed by atoms with Crippen molar-refractivity contribution in [2.45, 2.75) is 20.8 Å². The lowest BCUT2D eigenvalue weighted by Gasteiger charge is -2.29. The van der Waals surface area contributed by atoms with Gasteiger partial charge in [-0.05, 0) is 162 Å². The number of rotatable bonds is 9. The van der Waals surface area contributed by atoms with Crippen LogP contribution < -0.4 is 14.7 Å². The summed E-state index contributed by atoms with van der Waals surface area (Å²) in [6.07, 6.45) is 0. The molecule has 0 aliphatic heterocycles. The summed E-state index contributed by atoms with van der Waals surface area (Å²) in [5.41, 5.74) is 13.8. The second-order valence-electron chi connectivity index (χ2n) is 18.1. The maximum Gasteiger partial charge on any atom is 0.0468 e. The van der Waals surface area contributed by atoms with E-state index in [1.807, 2.05) is 18.2 Å². The first-order valence-corrected chi connectivity index (χ1v) is 24.7. The molecule has 3 heteroatoms. The Kier molecular flexibility index (Phi) is 14.3. The van der Waals surface area contributed by atoms with E-state index in [-0.39, 0.29) is 0 Å². The van der Waals surface area contributed by atoms with Crippen LogP contribution in [-0.4, -0.2) is 0 Å². The summed E-state index contributed by atoms with van der Waals surface area (Å²) < 4.78 is 0. The van der Waals surface area contributed by atoms with Gasteiger partial charge >= 0.3 is 0 Å². The first-order chi connectivity index (χ1) is 35.4. The molecule has 0 saturated carbocycles. The maximum atomic E-state index is 2.33. The summed E-state index contributed by atoms with van der Waals surface area (Å²) in [6, 6.07) is 103. The Morgan fingerprint density at radius 1 is 0.167 bits per heavy atom. The van der Waals surface area contributed by atoms with Crippen molar-refractivity contribution in [3.05, 3.63) is 308 Å². The van der Waals surface area contributed by atoms with Crippen molar-refractivity contribution in [3.63, 3.8) is 0 Å². The van der Waals surface area contributed by atoms with Gasteiger partial charge in [-0.2, -0.15) is 0 Å². The lowest BCUT2D eigenvalue weighted by Crippen LogP contribution is -2.13. The highest BCUT2D eigenvalue weighted by Gasteiger charge is 2.18. The van der Waals surface area contributed by atoms with E-state index in [4.69, 9.17) is 0 Å². The van der Waals surface area contributed by atoms with Crippen molar-refractivity contribution in [3.8, 4) is 0 Å². The van der Waals surface area contributed by atoms with Crippen LogP contribution in [0.1, 0.15) is 16.7 Å². The molecule has 0 spiro atoms. The first-order valence-electron chi connectivity index (χ1n) is 24.7. The fourth-order valence-corrected chi connectivity index (χ4v) is 9.17. The van der Waals surface area contributed by atoms with Gasteiger partial charge in [0.15, 0.2) is 0 Å². The van der Waals surface area contributed by atoms with Gasteiger partial charge in [-0.15, -0.1) is 0 Å². The summed E-state index contributed by atoms with van der Waals surface area (Å²) in [7, 11) is 0. The molecule has 12 aromatic rings. The van der Waals surface area contributed by atoms with Gasteiger partial charge in [-0.3, -0.25) is 0 Å². The normalized spacial score (nSPS) is 10.7. The SMILES string of the molecule is Cc1ccc(N(c2ccc(N(c3ccccc3)c3ccc4ccccc4c3)cc2)c2ccc(N(c3ccccc3)c3ccc4ccccc4c3)cc2)cc1.Cc1ccc2ccccc2c1.Cc1ccccc1. The van der Waals surface area contributed by atoms with Gasteiger partial charge in [0, 0.05) is 51.2 Å². The quantitative estimate of drug-likeness (QED) is 0.143. The maximum absolute atomic E-state index is 2.33. The second kappa shape index (κ2) is 22.1. The molecule has 0 aliphatic carbocycles. The zero-order valence-electron chi connectivity index (χ0n) is 41.1. The highest BCUT2D eigenvalue weighted by molar-refractivity contribution is 5.91. The van der Waals surface area contributed by atoms with Gasteiger partial charge < -0.3 is 14.7 Å². The summed E-state index contributed by atoms with van der Waals surface area (Å²) >= 11 is 0. The molecule has 12 aromatic carbocycles. The van der Waals surface area contributed by atoms with E-state index in [0.29, 0.717) is 0 Å². The highest BCUT2D eigenvalue weighted by atomic mass is 15.2. The van der Waals surface area contributed by atoms with Gasteiger partial charge in [0.1, 0.15) is 0 Å². The lowest BCUT2D eigenvalue weighted by atomic mass is 10.1. The molecule has 0 amide bonds. The molecule has 0 radical (unpaired) electrons. The molecule has 0 heterocycles. The van der Waals surface area contributed by atoms with Crippen LogP contribution in [0.2, 0.25) is 0 Å². The molecule has 72 heavy (non-hydrogen) atoms. The highest BCUT2D eigenvalue weighted by Crippen LogP contribution is 2.42. The Bertz CT molecular complexity index is 3480. The predicted molar refractivity (Wildman–Crippen MR) is 310 cm³/mol. The molecular weight excluding hydrogens is 871 g/mol. The second-order valence-corrected chi connectivity index (χ2v) is 18.1. The molecule has 0 atom stereocenters. The average Bonchev–Trinajstić information content (AvgIpc) is 3.43. The minimum Gasteiger partial charge on any atom is -0.311 e. The van der Waals surface area contributed by atoms with Crippen molar-refractivity contribution in [2.75, 3.05) is 14.7 Å². The van der Waals surface area contributed by atoms with E-state index in [9.17, 15) is 0 Å². The topological polar surface area (TPSA) is 9.72 Å². The predicted octanol–water partition coefficient (Wildman–Crippen LogP) is 19.9. The van der Waals surface area contributed by atoms with Gasteiger partial charge in [-0.1, -0.05) is 199 Å². The molecule has 3 nitrogen and oxygen atoms in total. The minimum atomic E-state index is 1.08. The summed E-state index contributed by atoms with van der Waals surface area (Å²) in [4.78, 5) is 6.98. The van der Waals surface area contributed by atoms with Crippen LogP contribution >= 0.6 is 0 Å². The smallest absolute Gasteiger partial charge is 0.0468 e. The number of para-hydroxylation sites is 2.